The predicted molar refractivity (Wildman–Crippen MR) is 106 cm³/mol. The first-order chi connectivity index (χ1) is 13.1. The topological polar surface area (TPSA) is 79.4 Å². The van der Waals surface area contributed by atoms with Gasteiger partial charge in [0, 0.05) is 37.9 Å². The van der Waals surface area contributed by atoms with Crippen molar-refractivity contribution in [1.29, 1.82) is 0 Å². The quantitative estimate of drug-likeness (QED) is 0.694. The number of carbonyl (C=O) groups excluding carboxylic acids is 1. The molecule has 0 atom stereocenters. The lowest BCUT2D eigenvalue weighted by Crippen LogP contribution is -2.30. The Morgan fingerprint density at radius 2 is 1.89 bits per heavy atom. The summed E-state index contributed by atoms with van der Waals surface area (Å²) in [5.74, 6) is 2.37. The molecule has 0 spiro atoms. The van der Waals surface area contributed by atoms with E-state index in [1.807, 2.05) is 37.3 Å². The summed E-state index contributed by atoms with van der Waals surface area (Å²) in [6, 6.07) is 9.54. The van der Waals surface area contributed by atoms with E-state index in [0.29, 0.717) is 25.5 Å². The smallest absolute Gasteiger partial charge is 0.224 e. The lowest BCUT2D eigenvalue weighted by atomic mass is 10.1. The maximum Gasteiger partial charge on any atom is 0.224 e. The van der Waals surface area contributed by atoms with Crippen LogP contribution >= 0.6 is 0 Å². The van der Waals surface area contributed by atoms with Gasteiger partial charge in [0.25, 0.3) is 0 Å². The minimum absolute atomic E-state index is 0.00937. The molecule has 1 aliphatic heterocycles. The minimum Gasteiger partial charge on any atom is -0.497 e. The number of methoxy groups -OCH3 is 1. The van der Waals surface area contributed by atoms with Gasteiger partial charge in [-0.05, 0) is 37.5 Å². The van der Waals surface area contributed by atoms with Crippen molar-refractivity contribution in [2.24, 2.45) is 0 Å². The summed E-state index contributed by atoms with van der Waals surface area (Å²) in [5, 5.41) is 6.12. The molecule has 2 heterocycles. The van der Waals surface area contributed by atoms with Gasteiger partial charge < -0.3 is 20.3 Å². The first-order valence-corrected chi connectivity index (χ1v) is 9.38. The molecule has 2 aromatic rings. The molecular formula is C20H27N5O2. The van der Waals surface area contributed by atoms with Crippen LogP contribution in [-0.4, -0.2) is 49.2 Å². The van der Waals surface area contributed by atoms with Crippen molar-refractivity contribution in [3.63, 3.8) is 0 Å². The third kappa shape index (κ3) is 5.57. The summed E-state index contributed by atoms with van der Waals surface area (Å²) in [5.41, 5.74) is 1.90. The number of carbonyl (C=O) groups is 1. The van der Waals surface area contributed by atoms with Crippen LogP contribution in [0.5, 0.6) is 5.75 Å². The molecule has 144 valence electrons. The molecule has 2 N–H and O–H groups in total. The molecule has 7 heteroatoms. The SMILES string of the molecule is COc1ccc(CC(=O)NCCNc2nc(C)cc(N3CCCC3)n2)cc1. The van der Waals surface area contributed by atoms with Crippen molar-refractivity contribution in [3.05, 3.63) is 41.6 Å². The second-order valence-corrected chi connectivity index (χ2v) is 6.69. The molecule has 1 fully saturated rings. The van der Waals surface area contributed by atoms with Crippen LogP contribution in [0, 0.1) is 6.92 Å². The molecule has 1 aromatic carbocycles. The number of ether oxygens (including phenoxy) is 1. The second kappa shape index (κ2) is 9.21. The number of rotatable bonds is 8. The van der Waals surface area contributed by atoms with Gasteiger partial charge in [0.15, 0.2) is 0 Å². The Kier molecular flexibility index (Phi) is 6.46. The lowest BCUT2D eigenvalue weighted by Gasteiger charge is -2.17. The van der Waals surface area contributed by atoms with E-state index in [1.165, 1.54) is 12.8 Å². The van der Waals surface area contributed by atoms with Gasteiger partial charge in [-0.15, -0.1) is 0 Å². The van der Waals surface area contributed by atoms with E-state index in [4.69, 9.17) is 4.74 Å². The maximum absolute atomic E-state index is 12.1. The zero-order valence-electron chi connectivity index (χ0n) is 16.0. The number of benzene rings is 1. The summed E-state index contributed by atoms with van der Waals surface area (Å²) < 4.78 is 5.12. The van der Waals surface area contributed by atoms with E-state index < -0.39 is 0 Å². The fraction of sp³-hybridized carbons (Fsp3) is 0.450. The average molecular weight is 369 g/mol. The van der Waals surface area contributed by atoms with Gasteiger partial charge in [0.1, 0.15) is 11.6 Å². The monoisotopic (exact) mass is 369 g/mol. The molecular weight excluding hydrogens is 342 g/mol. The Morgan fingerprint density at radius 3 is 2.59 bits per heavy atom. The highest BCUT2D eigenvalue weighted by atomic mass is 16.5. The molecule has 0 unspecified atom stereocenters. The van der Waals surface area contributed by atoms with Crippen LogP contribution in [0.15, 0.2) is 30.3 Å². The fourth-order valence-corrected chi connectivity index (χ4v) is 3.11. The molecule has 1 saturated heterocycles. The Morgan fingerprint density at radius 1 is 1.15 bits per heavy atom. The number of nitrogens with zero attached hydrogens (tertiary/aromatic N) is 3. The number of hydrogen-bond acceptors (Lipinski definition) is 6. The van der Waals surface area contributed by atoms with E-state index in [-0.39, 0.29) is 5.91 Å². The number of aryl methyl sites for hydroxylation is 1. The van der Waals surface area contributed by atoms with Crippen LogP contribution < -0.4 is 20.3 Å². The molecule has 1 amide bonds. The van der Waals surface area contributed by atoms with Gasteiger partial charge in [-0.1, -0.05) is 12.1 Å². The van der Waals surface area contributed by atoms with E-state index in [2.05, 4.69) is 25.5 Å². The van der Waals surface area contributed by atoms with E-state index >= 15 is 0 Å². The van der Waals surface area contributed by atoms with Gasteiger partial charge in [-0.3, -0.25) is 4.79 Å². The summed E-state index contributed by atoms with van der Waals surface area (Å²) in [4.78, 5) is 23.4. The van der Waals surface area contributed by atoms with Gasteiger partial charge in [-0.2, -0.15) is 4.98 Å². The largest absolute Gasteiger partial charge is 0.497 e. The average Bonchev–Trinajstić information content (AvgIpc) is 3.20. The molecule has 0 aliphatic carbocycles. The van der Waals surface area contributed by atoms with Gasteiger partial charge in [-0.25, -0.2) is 4.98 Å². The van der Waals surface area contributed by atoms with Crippen LogP contribution in [0.4, 0.5) is 11.8 Å². The van der Waals surface area contributed by atoms with E-state index in [1.54, 1.807) is 7.11 Å². The zero-order valence-corrected chi connectivity index (χ0v) is 16.0. The van der Waals surface area contributed by atoms with Gasteiger partial charge in [0.05, 0.1) is 13.5 Å². The summed E-state index contributed by atoms with van der Waals surface area (Å²) in [6.07, 6.45) is 2.78. The Bertz CT molecular complexity index is 757. The molecule has 27 heavy (non-hydrogen) atoms. The van der Waals surface area contributed by atoms with Crippen molar-refractivity contribution in [3.8, 4) is 5.75 Å². The van der Waals surface area contributed by atoms with Gasteiger partial charge >= 0.3 is 0 Å². The Balaban J connectivity index is 1.43. The van der Waals surface area contributed by atoms with Crippen LogP contribution in [0.3, 0.4) is 0 Å². The standard InChI is InChI=1S/C20H27N5O2/c1-15-13-18(25-11-3-4-12-25)24-20(23-15)22-10-9-21-19(26)14-16-5-7-17(27-2)8-6-16/h5-8,13H,3-4,9-12,14H2,1-2H3,(H,21,26)(H,22,23,24). The van der Waals surface area contributed by atoms with Crippen LogP contribution in [-0.2, 0) is 11.2 Å². The fourth-order valence-electron chi connectivity index (χ4n) is 3.11. The molecule has 7 nitrogen and oxygen atoms in total. The van der Waals surface area contributed by atoms with Crippen LogP contribution in [0.25, 0.3) is 0 Å². The van der Waals surface area contributed by atoms with Crippen molar-refractivity contribution in [1.82, 2.24) is 15.3 Å². The number of nitrogens with one attached hydrogen (secondary N) is 2. The zero-order chi connectivity index (χ0) is 19.1. The van der Waals surface area contributed by atoms with Gasteiger partial charge in [0.2, 0.25) is 11.9 Å². The highest BCUT2D eigenvalue weighted by molar-refractivity contribution is 5.78. The van der Waals surface area contributed by atoms with E-state index in [0.717, 1.165) is 35.9 Å². The number of aromatic nitrogens is 2. The second-order valence-electron chi connectivity index (χ2n) is 6.69. The van der Waals surface area contributed by atoms with Crippen molar-refractivity contribution in [2.45, 2.75) is 26.2 Å². The van der Waals surface area contributed by atoms with E-state index in [9.17, 15) is 4.79 Å². The Hall–Kier alpha value is -2.83. The molecule has 0 saturated carbocycles. The van der Waals surface area contributed by atoms with Crippen molar-refractivity contribution in [2.75, 3.05) is 43.5 Å². The first-order valence-electron chi connectivity index (χ1n) is 9.38. The molecule has 3 rings (SSSR count). The number of anilines is 2. The third-order valence-electron chi connectivity index (χ3n) is 4.52. The third-order valence-corrected chi connectivity index (χ3v) is 4.52. The highest BCUT2D eigenvalue weighted by Crippen LogP contribution is 2.19. The summed E-state index contributed by atoms with van der Waals surface area (Å²) >= 11 is 0. The molecule has 0 bridgehead atoms. The number of hydrogen-bond donors (Lipinski definition) is 2. The summed E-state index contributed by atoms with van der Waals surface area (Å²) in [6.45, 7) is 5.18. The normalized spacial score (nSPS) is 13.5. The number of amides is 1. The Labute approximate surface area is 160 Å². The molecule has 1 aromatic heterocycles. The molecule has 0 radical (unpaired) electrons. The maximum atomic E-state index is 12.1. The summed E-state index contributed by atoms with van der Waals surface area (Å²) in [7, 11) is 1.63. The predicted octanol–water partition coefficient (Wildman–Crippen LogP) is 2.16. The first kappa shape index (κ1) is 18.9. The van der Waals surface area contributed by atoms with Crippen molar-refractivity contribution < 1.29 is 9.53 Å². The highest BCUT2D eigenvalue weighted by Gasteiger charge is 2.15. The van der Waals surface area contributed by atoms with Crippen LogP contribution in [0.2, 0.25) is 0 Å². The minimum atomic E-state index is -0.00937. The molecule has 1 aliphatic rings. The van der Waals surface area contributed by atoms with Crippen LogP contribution in [0.1, 0.15) is 24.1 Å². The lowest BCUT2D eigenvalue weighted by molar-refractivity contribution is -0.120. The van der Waals surface area contributed by atoms with Crippen molar-refractivity contribution >= 4 is 17.7 Å².